The Bertz CT molecular complexity index is 229. The Morgan fingerprint density at radius 1 is 1.60 bits per heavy atom. The average molecular weight is 218 g/mol. The van der Waals surface area contributed by atoms with E-state index in [1.54, 1.807) is 0 Å². The van der Waals surface area contributed by atoms with Crippen LogP contribution >= 0.6 is 27.3 Å². The fraction of sp³-hybridized carbons (Fsp3) is 0.429. The SMILES string of the molecule is Brc1csc(C2CNC2)c1. The lowest BCUT2D eigenvalue weighted by atomic mass is 10.0. The van der Waals surface area contributed by atoms with Gasteiger partial charge >= 0.3 is 0 Å². The highest BCUT2D eigenvalue weighted by molar-refractivity contribution is 9.10. The van der Waals surface area contributed by atoms with Crippen molar-refractivity contribution in [2.45, 2.75) is 5.92 Å². The highest BCUT2D eigenvalue weighted by Crippen LogP contribution is 2.28. The van der Waals surface area contributed by atoms with Gasteiger partial charge in [-0.1, -0.05) is 0 Å². The van der Waals surface area contributed by atoms with Crippen molar-refractivity contribution in [2.75, 3.05) is 13.1 Å². The zero-order chi connectivity index (χ0) is 6.97. The van der Waals surface area contributed by atoms with Crippen LogP contribution in [-0.2, 0) is 0 Å². The van der Waals surface area contributed by atoms with Crippen molar-refractivity contribution in [2.24, 2.45) is 0 Å². The quantitative estimate of drug-likeness (QED) is 0.761. The molecule has 1 fully saturated rings. The number of nitrogens with one attached hydrogen (secondary N) is 1. The smallest absolute Gasteiger partial charge is 0.0285 e. The first kappa shape index (κ1) is 6.83. The summed E-state index contributed by atoms with van der Waals surface area (Å²) in [6, 6.07) is 2.22. The third-order valence-electron chi connectivity index (χ3n) is 1.77. The van der Waals surface area contributed by atoms with Crippen LogP contribution in [0.5, 0.6) is 0 Å². The van der Waals surface area contributed by atoms with Crippen molar-refractivity contribution in [3.63, 3.8) is 0 Å². The van der Waals surface area contributed by atoms with E-state index in [0.29, 0.717) is 0 Å². The van der Waals surface area contributed by atoms with Crippen molar-refractivity contribution >= 4 is 27.3 Å². The maximum atomic E-state index is 3.44. The van der Waals surface area contributed by atoms with E-state index in [1.165, 1.54) is 9.35 Å². The normalized spacial score (nSPS) is 18.9. The molecule has 54 valence electrons. The van der Waals surface area contributed by atoms with Crippen LogP contribution in [0.1, 0.15) is 10.8 Å². The second-order valence-corrected chi connectivity index (χ2v) is 4.38. The van der Waals surface area contributed by atoms with Crippen LogP contribution in [0.3, 0.4) is 0 Å². The number of thiophene rings is 1. The molecule has 2 rings (SSSR count). The predicted molar refractivity (Wildman–Crippen MR) is 47.6 cm³/mol. The van der Waals surface area contributed by atoms with Gasteiger partial charge in [0.05, 0.1) is 0 Å². The molecule has 0 aromatic carbocycles. The average Bonchev–Trinajstić information content (AvgIpc) is 2.10. The minimum Gasteiger partial charge on any atom is -0.315 e. The molecule has 0 radical (unpaired) electrons. The van der Waals surface area contributed by atoms with E-state index in [-0.39, 0.29) is 0 Å². The van der Waals surface area contributed by atoms with E-state index in [1.807, 2.05) is 11.3 Å². The summed E-state index contributed by atoms with van der Waals surface area (Å²) in [6.07, 6.45) is 0. The zero-order valence-electron chi connectivity index (χ0n) is 5.43. The number of rotatable bonds is 1. The van der Waals surface area contributed by atoms with E-state index in [4.69, 9.17) is 0 Å². The monoisotopic (exact) mass is 217 g/mol. The Labute approximate surface area is 72.6 Å². The van der Waals surface area contributed by atoms with Gasteiger partial charge in [0.2, 0.25) is 0 Å². The van der Waals surface area contributed by atoms with Gasteiger partial charge in [-0.15, -0.1) is 11.3 Å². The first-order valence-corrected chi connectivity index (χ1v) is 4.98. The standard InChI is InChI=1S/C7H8BrNS/c8-6-1-7(10-4-6)5-2-9-3-5/h1,4-5,9H,2-3H2. The molecule has 1 aromatic heterocycles. The fourth-order valence-electron chi connectivity index (χ4n) is 1.03. The molecule has 0 atom stereocenters. The molecule has 3 heteroatoms. The third kappa shape index (κ3) is 1.13. The molecule has 10 heavy (non-hydrogen) atoms. The largest absolute Gasteiger partial charge is 0.315 e. The minimum atomic E-state index is 0.788. The molecule has 1 saturated heterocycles. The van der Waals surface area contributed by atoms with Gasteiger partial charge in [0.15, 0.2) is 0 Å². The molecule has 1 N–H and O–H groups in total. The van der Waals surface area contributed by atoms with Gasteiger partial charge in [0.1, 0.15) is 0 Å². The topological polar surface area (TPSA) is 12.0 Å². The van der Waals surface area contributed by atoms with Crippen molar-refractivity contribution in [3.05, 3.63) is 20.8 Å². The number of hydrogen-bond acceptors (Lipinski definition) is 2. The molecular weight excluding hydrogens is 210 g/mol. The van der Waals surface area contributed by atoms with Crippen LogP contribution in [0.2, 0.25) is 0 Å². The van der Waals surface area contributed by atoms with E-state index in [9.17, 15) is 0 Å². The Kier molecular flexibility index (Phi) is 1.80. The molecule has 1 aliphatic rings. The van der Waals surface area contributed by atoms with Gasteiger partial charge in [-0.25, -0.2) is 0 Å². The van der Waals surface area contributed by atoms with Gasteiger partial charge in [-0.05, 0) is 22.0 Å². The summed E-state index contributed by atoms with van der Waals surface area (Å²) in [5, 5.41) is 5.41. The summed E-state index contributed by atoms with van der Waals surface area (Å²) in [5.74, 6) is 0.788. The van der Waals surface area contributed by atoms with Gasteiger partial charge in [0, 0.05) is 33.7 Å². The molecule has 0 amide bonds. The van der Waals surface area contributed by atoms with Crippen LogP contribution in [-0.4, -0.2) is 13.1 Å². The second kappa shape index (κ2) is 2.64. The predicted octanol–water partition coefficient (Wildman–Crippen LogP) is 2.20. The van der Waals surface area contributed by atoms with E-state index < -0.39 is 0 Å². The highest BCUT2D eigenvalue weighted by Gasteiger charge is 2.19. The molecule has 1 aliphatic heterocycles. The molecule has 0 spiro atoms. The van der Waals surface area contributed by atoms with E-state index in [2.05, 4.69) is 32.7 Å². The Morgan fingerprint density at radius 3 is 2.80 bits per heavy atom. The number of halogens is 1. The summed E-state index contributed by atoms with van der Waals surface area (Å²) in [6.45, 7) is 2.32. The maximum Gasteiger partial charge on any atom is 0.0285 e. The summed E-state index contributed by atoms with van der Waals surface area (Å²) >= 11 is 5.29. The Morgan fingerprint density at radius 2 is 2.40 bits per heavy atom. The summed E-state index contributed by atoms with van der Waals surface area (Å²) in [4.78, 5) is 1.51. The molecule has 1 nitrogen and oxygen atoms in total. The number of hydrogen-bond donors (Lipinski definition) is 1. The molecule has 0 aliphatic carbocycles. The molecule has 2 heterocycles. The van der Waals surface area contributed by atoms with Gasteiger partial charge in [-0.3, -0.25) is 0 Å². The van der Waals surface area contributed by atoms with Crippen molar-refractivity contribution < 1.29 is 0 Å². The van der Waals surface area contributed by atoms with Crippen LogP contribution < -0.4 is 5.32 Å². The lowest BCUT2D eigenvalue weighted by Gasteiger charge is -2.25. The molecular formula is C7H8BrNS. The molecule has 0 unspecified atom stereocenters. The molecule has 0 saturated carbocycles. The lowest BCUT2D eigenvalue weighted by molar-refractivity contribution is 0.454. The van der Waals surface area contributed by atoms with Crippen LogP contribution in [0.25, 0.3) is 0 Å². The Balaban J connectivity index is 2.17. The van der Waals surface area contributed by atoms with Crippen LogP contribution in [0.15, 0.2) is 15.9 Å². The molecule has 0 bridgehead atoms. The highest BCUT2D eigenvalue weighted by atomic mass is 79.9. The third-order valence-corrected chi connectivity index (χ3v) is 3.63. The zero-order valence-corrected chi connectivity index (χ0v) is 7.83. The fourth-order valence-corrected chi connectivity index (χ4v) is 2.58. The van der Waals surface area contributed by atoms with E-state index in [0.717, 1.165) is 19.0 Å². The van der Waals surface area contributed by atoms with Crippen molar-refractivity contribution in [1.29, 1.82) is 0 Å². The van der Waals surface area contributed by atoms with Gasteiger partial charge in [-0.2, -0.15) is 0 Å². The maximum absolute atomic E-state index is 3.44. The first-order valence-electron chi connectivity index (χ1n) is 3.31. The van der Waals surface area contributed by atoms with Crippen molar-refractivity contribution in [3.8, 4) is 0 Å². The van der Waals surface area contributed by atoms with Crippen molar-refractivity contribution in [1.82, 2.24) is 5.32 Å². The second-order valence-electron chi connectivity index (χ2n) is 2.52. The first-order chi connectivity index (χ1) is 4.86. The summed E-state index contributed by atoms with van der Waals surface area (Å²) in [5.41, 5.74) is 0. The minimum absolute atomic E-state index is 0.788. The van der Waals surface area contributed by atoms with Gasteiger partial charge < -0.3 is 5.32 Å². The summed E-state index contributed by atoms with van der Waals surface area (Å²) in [7, 11) is 0. The van der Waals surface area contributed by atoms with Crippen LogP contribution in [0, 0.1) is 0 Å². The summed E-state index contributed by atoms with van der Waals surface area (Å²) < 4.78 is 1.22. The van der Waals surface area contributed by atoms with Crippen LogP contribution in [0.4, 0.5) is 0 Å². The Hall–Kier alpha value is 0.140. The molecule has 1 aromatic rings. The van der Waals surface area contributed by atoms with Gasteiger partial charge in [0.25, 0.3) is 0 Å². The lowest BCUT2D eigenvalue weighted by Crippen LogP contribution is -2.39. The van der Waals surface area contributed by atoms with E-state index >= 15 is 0 Å².